The number of hydrogen-bond acceptors (Lipinski definition) is 5. The Bertz CT molecular complexity index is 578. The number of nitro groups is 1. The van der Waals surface area contributed by atoms with E-state index >= 15 is 0 Å². The molecule has 1 heterocycles. The highest BCUT2D eigenvalue weighted by Gasteiger charge is 2.33. The van der Waals surface area contributed by atoms with E-state index < -0.39 is 41.8 Å². The van der Waals surface area contributed by atoms with E-state index in [4.69, 9.17) is 22.3 Å². The average Bonchev–Trinajstić information content (AvgIpc) is 2.14. The molecule has 6 nitrogen and oxygen atoms in total. The molecule has 0 aliphatic rings. The fraction of sp³-hybridized carbons (Fsp3) is 0.167. The zero-order valence-electron chi connectivity index (χ0n) is 7.60. The minimum absolute atomic E-state index is 0.530. The molecule has 1 rings (SSSR count). The van der Waals surface area contributed by atoms with Crippen LogP contribution >= 0.6 is 22.3 Å². The van der Waals surface area contributed by atoms with Crippen molar-refractivity contribution in [2.75, 3.05) is 0 Å². The van der Waals surface area contributed by atoms with Gasteiger partial charge in [-0.15, -0.1) is 0 Å². The zero-order chi connectivity index (χ0) is 13.4. The highest BCUT2D eigenvalue weighted by Crippen LogP contribution is 2.35. The number of rotatable bonds is 3. The van der Waals surface area contributed by atoms with Crippen LogP contribution in [0.25, 0.3) is 0 Å². The SMILES string of the molecule is O=[N+]([O-])c1cc(Cl)nc(C(F)F)c1S(=O)(=O)Cl. The van der Waals surface area contributed by atoms with Crippen LogP contribution in [0.15, 0.2) is 11.0 Å². The summed E-state index contributed by atoms with van der Waals surface area (Å²) >= 11 is 5.27. The van der Waals surface area contributed by atoms with Gasteiger partial charge in [0.1, 0.15) is 10.8 Å². The quantitative estimate of drug-likeness (QED) is 0.370. The first-order chi connectivity index (χ1) is 7.64. The topological polar surface area (TPSA) is 90.2 Å². The van der Waals surface area contributed by atoms with E-state index in [9.17, 15) is 27.3 Å². The first-order valence-electron chi connectivity index (χ1n) is 3.72. The van der Waals surface area contributed by atoms with Gasteiger partial charge in [-0.1, -0.05) is 11.6 Å². The van der Waals surface area contributed by atoms with Crippen LogP contribution in [0.4, 0.5) is 14.5 Å². The second-order valence-electron chi connectivity index (χ2n) is 2.67. The van der Waals surface area contributed by atoms with Crippen molar-refractivity contribution in [3.63, 3.8) is 0 Å². The third kappa shape index (κ3) is 2.99. The molecule has 11 heteroatoms. The minimum Gasteiger partial charge on any atom is -0.258 e. The monoisotopic (exact) mass is 306 g/mol. The Hall–Kier alpha value is -1.06. The Morgan fingerprint density at radius 3 is 2.35 bits per heavy atom. The van der Waals surface area contributed by atoms with E-state index in [1.165, 1.54) is 0 Å². The van der Waals surface area contributed by atoms with Crippen LogP contribution in [0, 0.1) is 10.1 Å². The molecular formula is C6H2Cl2F2N2O4S. The third-order valence-corrected chi connectivity index (χ3v) is 3.16. The molecule has 94 valence electrons. The van der Waals surface area contributed by atoms with E-state index in [-0.39, 0.29) is 0 Å². The van der Waals surface area contributed by atoms with Crippen LogP contribution in [0.2, 0.25) is 5.15 Å². The van der Waals surface area contributed by atoms with Crippen LogP contribution in [-0.2, 0) is 9.05 Å². The number of pyridine rings is 1. The molecule has 17 heavy (non-hydrogen) atoms. The molecule has 0 aliphatic heterocycles. The summed E-state index contributed by atoms with van der Waals surface area (Å²) in [5, 5.41) is 9.92. The highest BCUT2D eigenvalue weighted by atomic mass is 35.7. The first-order valence-corrected chi connectivity index (χ1v) is 6.41. The van der Waals surface area contributed by atoms with Gasteiger partial charge in [0.15, 0.2) is 4.90 Å². The molecule has 0 aliphatic carbocycles. The molecule has 1 aromatic rings. The third-order valence-electron chi connectivity index (χ3n) is 1.60. The average molecular weight is 307 g/mol. The molecule has 0 unspecified atom stereocenters. The van der Waals surface area contributed by atoms with Gasteiger partial charge < -0.3 is 0 Å². The van der Waals surface area contributed by atoms with Crippen LogP contribution in [-0.4, -0.2) is 18.3 Å². The van der Waals surface area contributed by atoms with Crippen molar-refractivity contribution in [3.05, 3.63) is 27.0 Å². The molecular weight excluding hydrogens is 305 g/mol. The summed E-state index contributed by atoms with van der Waals surface area (Å²) in [6, 6.07) is 0.530. The van der Waals surface area contributed by atoms with Gasteiger partial charge in [0.2, 0.25) is 0 Å². The van der Waals surface area contributed by atoms with Crippen molar-refractivity contribution in [2.24, 2.45) is 0 Å². The molecule has 0 radical (unpaired) electrons. The predicted octanol–water partition coefficient (Wildman–Crippen LogP) is 2.51. The maximum atomic E-state index is 12.5. The molecule has 0 aromatic carbocycles. The molecule has 0 atom stereocenters. The Morgan fingerprint density at radius 2 is 2.00 bits per heavy atom. The lowest BCUT2D eigenvalue weighted by atomic mass is 10.3. The van der Waals surface area contributed by atoms with Crippen LogP contribution < -0.4 is 0 Å². The van der Waals surface area contributed by atoms with Gasteiger partial charge in [0.25, 0.3) is 21.2 Å². The zero-order valence-corrected chi connectivity index (χ0v) is 9.93. The summed E-state index contributed by atoms with van der Waals surface area (Å²) < 4.78 is 47.1. The summed E-state index contributed by atoms with van der Waals surface area (Å²) in [4.78, 5) is 11.0. The smallest absolute Gasteiger partial charge is 0.258 e. The first kappa shape index (κ1) is 14.0. The number of halogens is 4. The number of hydrogen-bond donors (Lipinski definition) is 0. The Labute approximate surface area is 103 Å². The van der Waals surface area contributed by atoms with Crippen LogP contribution in [0.5, 0.6) is 0 Å². The van der Waals surface area contributed by atoms with E-state index in [0.717, 1.165) is 0 Å². The van der Waals surface area contributed by atoms with Crippen LogP contribution in [0.1, 0.15) is 12.1 Å². The molecule has 0 saturated carbocycles. The van der Waals surface area contributed by atoms with Crippen LogP contribution in [0.3, 0.4) is 0 Å². The van der Waals surface area contributed by atoms with Crippen molar-refractivity contribution < 1.29 is 22.1 Å². The van der Waals surface area contributed by atoms with Crippen molar-refractivity contribution in [2.45, 2.75) is 11.3 Å². The number of aromatic nitrogens is 1. The fourth-order valence-corrected chi connectivity index (χ4v) is 2.48. The van der Waals surface area contributed by atoms with Gasteiger partial charge in [0, 0.05) is 10.7 Å². The van der Waals surface area contributed by atoms with Gasteiger partial charge in [-0.3, -0.25) is 10.1 Å². The van der Waals surface area contributed by atoms with Crippen molar-refractivity contribution >= 4 is 37.0 Å². The van der Waals surface area contributed by atoms with Gasteiger partial charge in [0.05, 0.1) is 11.0 Å². The maximum Gasteiger partial charge on any atom is 0.294 e. The van der Waals surface area contributed by atoms with E-state index in [0.29, 0.717) is 6.07 Å². The Kier molecular flexibility index (Phi) is 3.84. The van der Waals surface area contributed by atoms with Gasteiger partial charge in [-0.2, -0.15) is 0 Å². The predicted molar refractivity (Wildman–Crippen MR) is 53.9 cm³/mol. The fourth-order valence-electron chi connectivity index (χ4n) is 1.04. The largest absolute Gasteiger partial charge is 0.294 e. The molecule has 0 bridgehead atoms. The number of nitrogens with zero attached hydrogens (tertiary/aromatic N) is 2. The molecule has 1 aromatic heterocycles. The molecule has 0 spiro atoms. The number of alkyl halides is 2. The molecule has 0 saturated heterocycles. The van der Waals surface area contributed by atoms with E-state index in [2.05, 4.69) is 4.98 Å². The molecule has 0 N–H and O–H groups in total. The lowest BCUT2D eigenvalue weighted by Crippen LogP contribution is -2.06. The summed E-state index contributed by atoms with van der Waals surface area (Å²) in [6.07, 6.45) is -3.36. The van der Waals surface area contributed by atoms with Crippen molar-refractivity contribution in [1.82, 2.24) is 4.98 Å². The lowest BCUT2D eigenvalue weighted by Gasteiger charge is -2.06. The van der Waals surface area contributed by atoms with Crippen molar-refractivity contribution in [1.29, 1.82) is 0 Å². The highest BCUT2D eigenvalue weighted by molar-refractivity contribution is 8.13. The summed E-state index contributed by atoms with van der Waals surface area (Å²) in [6.45, 7) is 0. The van der Waals surface area contributed by atoms with Gasteiger partial charge in [-0.25, -0.2) is 22.2 Å². The summed E-state index contributed by atoms with van der Waals surface area (Å²) in [7, 11) is 0.119. The minimum atomic E-state index is -4.74. The van der Waals surface area contributed by atoms with Gasteiger partial charge >= 0.3 is 0 Å². The second-order valence-corrected chi connectivity index (χ2v) is 5.56. The standard InChI is InChI=1S/C6H2Cl2F2N2O4S/c7-3-1-2(12(13)14)5(17(8,15)16)4(11-3)6(9)10/h1,6H. The second kappa shape index (κ2) is 4.67. The maximum absolute atomic E-state index is 12.5. The Balaban J connectivity index is 3.79. The Morgan fingerprint density at radius 1 is 1.47 bits per heavy atom. The van der Waals surface area contributed by atoms with E-state index in [1.54, 1.807) is 0 Å². The normalized spacial score (nSPS) is 11.8. The molecule has 0 amide bonds. The summed E-state index contributed by atoms with van der Waals surface area (Å²) in [5.74, 6) is 0. The summed E-state index contributed by atoms with van der Waals surface area (Å²) in [5.41, 5.74) is -2.49. The lowest BCUT2D eigenvalue weighted by molar-refractivity contribution is -0.388. The van der Waals surface area contributed by atoms with Gasteiger partial charge in [-0.05, 0) is 0 Å². The van der Waals surface area contributed by atoms with E-state index in [1.807, 2.05) is 0 Å². The van der Waals surface area contributed by atoms with Crippen molar-refractivity contribution in [3.8, 4) is 0 Å². The molecule has 0 fully saturated rings.